The molecule has 9 heteroatoms. The summed E-state index contributed by atoms with van der Waals surface area (Å²) in [6, 6.07) is 11.8. The van der Waals surface area contributed by atoms with Crippen LogP contribution in [0, 0.1) is 13.8 Å². The van der Waals surface area contributed by atoms with E-state index in [2.05, 4.69) is 9.97 Å². The maximum absolute atomic E-state index is 13.5. The molecular formula is C29H28N4O5. The molecule has 5 rings (SSSR count). The molecule has 9 nitrogen and oxygen atoms in total. The number of ether oxygens (including phenoxy) is 2. The Bertz CT molecular complexity index is 1570. The Hall–Kier alpha value is -4.66. The summed E-state index contributed by atoms with van der Waals surface area (Å²) < 4.78 is 13.1. The second-order valence-corrected chi connectivity index (χ2v) is 9.06. The Morgan fingerprint density at radius 1 is 1.11 bits per heavy atom. The van der Waals surface area contributed by atoms with Crippen molar-refractivity contribution in [2.24, 2.45) is 0 Å². The van der Waals surface area contributed by atoms with E-state index >= 15 is 0 Å². The van der Waals surface area contributed by atoms with Crippen molar-refractivity contribution in [2.75, 3.05) is 13.7 Å². The molecule has 0 spiro atoms. The van der Waals surface area contributed by atoms with E-state index in [9.17, 15) is 14.7 Å². The van der Waals surface area contributed by atoms with Crippen molar-refractivity contribution in [3.63, 3.8) is 0 Å². The molecule has 3 aromatic heterocycles. The van der Waals surface area contributed by atoms with Gasteiger partial charge in [-0.05, 0) is 61.7 Å². The minimum atomic E-state index is -0.884. The van der Waals surface area contributed by atoms with Crippen molar-refractivity contribution >= 4 is 23.1 Å². The van der Waals surface area contributed by atoms with E-state index in [4.69, 9.17) is 9.47 Å². The predicted molar refractivity (Wildman–Crippen MR) is 141 cm³/mol. The molecule has 4 heterocycles. The Labute approximate surface area is 220 Å². The lowest BCUT2D eigenvalue weighted by Gasteiger charge is -2.26. The molecule has 1 aromatic carbocycles. The lowest BCUT2D eigenvalue weighted by atomic mass is 9.95. The molecule has 1 aliphatic rings. The number of ketones is 1. The van der Waals surface area contributed by atoms with Crippen LogP contribution in [-0.2, 0) is 16.1 Å². The van der Waals surface area contributed by atoms with Crippen LogP contribution in [-0.4, -0.2) is 49.8 Å². The quantitative estimate of drug-likeness (QED) is 0.223. The molecule has 1 unspecified atom stereocenters. The number of methoxy groups -OCH3 is 1. The molecule has 38 heavy (non-hydrogen) atoms. The Morgan fingerprint density at radius 2 is 1.92 bits per heavy atom. The van der Waals surface area contributed by atoms with Gasteiger partial charge in [0, 0.05) is 25.1 Å². The summed E-state index contributed by atoms with van der Waals surface area (Å²) in [6.07, 6.45) is 5.13. The normalized spacial score (nSPS) is 16.8. The number of Topliss-reactive ketones (excluding diaryl/α,β-unsaturated/α-hetero) is 1. The molecule has 0 saturated carbocycles. The van der Waals surface area contributed by atoms with Crippen LogP contribution in [0.5, 0.6) is 11.5 Å². The fraction of sp³-hybridized carbons (Fsp3) is 0.241. The van der Waals surface area contributed by atoms with Gasteiger partial charge in [-0.1, -0.05) is 18.2 Å². The van der Waals surface area contributed by atoms with Gasteiger partial charge >= 0.3 is 0 Å². The van der Waals surface area contributed by atoms with Crippen molar-refractivity contribution in [3.8, 4) is 11.5 Å². The summed E-state index contributed by atoms with van der Waals surface area (Å²) in [6.45, 7) is 6.18. The Balaban J connectivity index is 1.71. The minimum Gasteiger partial charge on any atom is -0.505 e. The van der Waals surface area contributed by atoms with Crippen molar-refractivity contribution < 1.29 is 24.2 Å². The number of imidazole rings is 1. The number of rotatable bonds is 7. The fourth-order valence-corrected chi connectivity index (χ4v) is 4.88. The summed E-state index contributed by atoms with van der Waals surface area (Å²) in [4.78, 5) is 37.1. The third-order valence-electron chi connectivity index (χ3n) is 6.73. The van der Waals surface area contributed by atoms with Gasteiger partial charge in [0.2, 0.25) is 0 Å². The lowest BCUT2D eigenvalue weighted by molar-refractivity contribution is -0.140. The third kappa shape index (κ3) is 4.15. The standard InChI is InChI=1S/C29H28N4O5/c1-5-38-21-11-10-20(14-22(21)37-4)25-23(27(35)29(36)33(25)16-19-9-6-12-30-15-19)26(34)24-18(3)32-13-7-8-17(2)28(32)31-24/h6-15,25,34H,5,16H2,1-4H3. The first-order chi connectivity index (χ1) is 18.3. The molecule has 1 saturated heterocycles. The van der Waals surface area contributed by atoms with Gasteiger partial charge in [0.05, 0.1) is 31.0 Å². The Kier molecular flexibility index (Phi) is 6.59. The van der Waals surface area contributed by atoms with Gasteiger partial charge in [0.15, 0.2) is 17.3 Å². The van der Waals surface area contributed by atoms with E-state index in [1.165, 1.54) is 12.0 Å². The second-order valence-electron chi connectivity index (χ2n) is 9.06. The molecule has 0 radical (unpaired) electrons. The number of aliphatic hydroxyl groups is 1. The first-order valence-corrected chi connectivity index (χ1v) is 12.3. The summed E-state index contributed by atoms with van der Waals surface area (Å²) in [5.41, 5.74) is 3.79. The maximum Gasteiger partial charge on any atom is 0.295 e. The first-order valence-electron chi connectivity index (χ1n) is 12.3. The van der Waals surface area contributed by atoms with Gasteiger partial charge in [-0.15, -0.1) is 0 Å². The fourth-order valence-electron chi connectivity index (χ4n) is 4.88. The van der Waals surface area contributed by atoms with Crippen molar-refractivity contribution in [1.29, 1.82) is 0 Å². The molecule has 0 bridgehead atoms. The van der Waals surface area contributed by atoms with Crippen LogP contribution < -0.4 is 9.47 Å². The summed E-state index contributed by atoms with van der Waals surface area (Å²) in [7, 11) is 1.52. The number of amides is 1. The Morgan fingerprint density at radius 3 is 2.61 bits per heavy atom. The second kappa shape index (κ2) is 10.0. The van der Waals surface area contributed by atoms with Gasteiger partial charge in [-0.2, -0.15) is 0 Å². The SMILES string of the molecule is CCOc1ccc(C2C(=C(O)c3nc4c(C)cccn4c3C)C(=O)C(=O)N2Cc2cccnc2)cc1OC. The smallest absolute Gasteiger partial charge is 0.295 e. The number of fused-ring (bicyclic) bond motifs is 1. The average Bonchev–Trinajstić information content (AvgIpc) is 3.39. The minimum absolute atomic E-state index is 0.0331. The summed E-state index contributed by atoms with van der Waals surface area (Å²) in [5.74, 6) is -0.829. The van der Waals surface area contributed by atoms with E-state index < -0.39 is 17.7 Å². The summed E-state index contributed by atoms with van der Waals surface area (Å²) >= 11 is 0. The predicted octanol–water partition coefficient (Wildman–Crippen LogP) is 4.38. The highest BCUT2D eigenvalue weighted by Crippen LogP contribution is 2.43. The number of hydrogen-bond acceptors (Lipinski definition) is 7. The van der Waals surface area contributed by atoms with Crippen LogP contribution in [0.1, 0.15) is 41.0 Å². The number of aromatic nitrogens is 3. The van der Waals surface area contributed by atoms with Crippen molar-refractivity contribution in [3.05, 3.63) is 94.7 Å². The number of aryl methyl sites for hydroxylation is 2. The molecule has 1 atom stereocenters. The zero-order valence-corrected chi connectivity index (χ0v) is 21.6. The van der Waals surface area contributed by atoms with Gasteiger partial charge in [-0.25, -0.2) is 4.98 Å². The number of likely N-dealkylation sites (tertiary alicyclic amines) is 1. The molecule has 1 amide bonds. The topological polar surface area (TPSA) is 106 Å². The molecule has 1 fully saturated rings. The molecule has 194 valence electrons. The number of carbonyl (C=O) groups is 2. The number of pyridine rings is 2. The average molecular weight is 513 g/mol. The lowest BCUT2D eigenvalue weighted by Crippen LogP contribution is -2.29. The summed E-state index contributed by atoms with van der Waals surface area (Å²) in [5, 5.41) is 11.6. The van der Waals surface area contributed by atoms with Crippen molar-refractivity contribution in [1.82, 2.24) is 19.3 Å². The highest BCUT2D eigenvalue weighted by atomic mass is 16.5. The van der Waals surface area contributed by atoms with E-state index in [1.54, 1.807) is 36.7 Å². The van der Waals surface area contributed by atoms with Crippen LogP contribution >= 0.6 is 0 Å². The van der Waals surface area contributed by atoms with Crippen LogP contribution in [0.2, 0.25) is 0 Å². The van der Waals surface area contributed by atoms with Gasteiger partial charge in [0.25, 0.3) is 11.7 Å². The molecule has 0 aliphatic carbocycles. The number of benzene rings is 1. The van der Waals surface area contributed by atoms with E-state index in [1.807, 2.05) is 49.6 Å². The van der Waals surface area contributed by atoms with Crippen LogP contribution in [0.25, 0.3) is 11.4 Å². The van der Waals surface area contributed by atoms with Crippen molar-refractivity contribution in [2.45, 2.75) is 33.4 Å². The van der Waals surface area contributed by atoms with Gasteiger partial charge in [0.1, 0.15) is 11.3 Å². The number of nitrogens with zero attached hydrogens (tertiary/aromatic N) is 4. The largest absolute Gasteiger partial charge is 0.505 e. The van der Waals surface area contributed by atoms with Gasteiger partial charge < -0.3 is 23.9 Å². The first kappa shape index (κ1) is 25.0. The maximum atomic E-state index is 13.5. The third-order valence-corrected chi connectivity index (χ3v) is 6.73. The van der Waals surface area contributed by atoms with Crippen LogP contribution in [0.3, 0.4) is 0 Å². The monoisotopic (exact) mass is 512 g/mol. The van der Waals surface area contributed by atoms with Gasteiger partial charge in [-0.3, -0.25) is 14.6 Å². The molecule has 1 aliphatic heterocycles. The molecular weight excluding hydrogens is 484 g/mol. The zero-order chi connectivity index (χ0) is 27.0. The molecule has 1 N–H and O–H groups in total. The van der Waals surface area contributed by atoms with E-state index in [0.29, 0.717) is 35.0 Å². The van der Waals surface area contributed by atoms with E-state index in [-0.39, 0.29) is 23.6 Å². The number of aliphatic hydroxyl groups excluding tert-OH is 1. The molecule has 4 aromatic rings. The van der Waals surface area contributed by atoms with Crippen LogP contribution in [0.15, 0.2) is 66.6 Å². The van der Waals surface area contributed by atoms with Crippen LogP contribution in [0.4, 0.5) is 0 Å². The number of carbonyl (C=O) groups excluding carboxylic acids is 2. The highest BCUT2D eigenvalue weighted by Gasteiger charge is 2.46. The zero-order valence-electron chi connectivity index (χ0n) is 21.6. The highest BCUT2D eigenvalue weighted by molar-refractivity contribution is 6.46. The number of hydrogen-bond donors (Lipinski definition) is 1. The van der Waals surface area contributed by atoms with E-state index in [0.717, 1.165) is 11.1 Å².